The minimum atomic E-state index is -0.474. The van der Waals surface area contributed by atoms with Crippen LogP contribution in [-0.4, -0.2) is 30.6 Å². The van der Waals surface area contributed by atoms with Crippen LogP contribution in [0.5, 0.6) is 0 Å². The molecule has 0 aromatic heterocycles. The number of Topliss-reactive ketones (excluding diaryl/α,β-unsaturated/α-hetero) is 2. The number of unbranched alkanes of at least 4 members (excludes halogenated alkanes) is 5. The molecule has 1 fully saturated rings. The number of carbonyl (C=O) groups excluding carboxylic acids is 2. The van der Waals surface area contributed by atoms with Gasteiger partial charge in [-0.25, -0.2) is 0 Å². The summed E-state index contributed by atoms with van der Waals surface area (Å²) >= 11 is 0. The number of ether oxygens (including phenoxy) is 2. The second kappa shape index (κ2) is 11.8. The zero-order valence-electron chi connectivity index (χ0n) is 14.3. The molecule has 1 saturated heterocycles. The van der Waals surface area contributed by atoms with Gasteiger partial charge in [-0.2, -0.15) is 0 Å². The van der Waals surface area contributed by atoms with Gasteiger partial charge in [-0.15, -0.1) is 0 Å². The number of carbonyl (C=O) groups is 2. The van der Waals surface area contributed by atoms with Gasteiger partial charge >= 0.3 is 0 Å². The van der Waals surface area contributed by atoms with Crippen molar-refractivity contribution in [3.8, 4) is 0 Å². The number of hydrogen-bond acceptors (Lipinski definition) is 4. The van der Waals surface area contributed by atoms with Gasteiger partial charge < -0.3 is 9.47 Å². The van der Waals surface area contributed by atoms with E-state index in [1.54, 1.807) is 0 Å². The first-order valence-corrected chi connectivity index (χ1v) is 8.92. The first-order chi connectivity index (χ1) is 10.6. The Labute approximate surface area is 134 Å². The lowest BCUT2D eigenvalue weighted by Crippen LogP contribution is -2.33. The highest BCUT2D eigenvalue weighted by molar-refractivity contribution is 6.00. The molecule has 22 heavy (non-hydrogen) atoms. The molecule has 1 rings (SSSR count). The highest BCUT2D eigenvalue weighted by atomic mass is 16.7. The van der Waals surface area contributed by atoms with Crippen LogP contribution in [0, 0.1) is 0 Å². The van der Waals surface area contributed by atoms with Gasteiger partial charge in [-0.3, -0.25) is 9.59 Å². The van der Waals surface area contributed by atoms with E-state index in [2.05, 4.69) is 6.92 Å². The maximum atomic E-state index is 12.2. The molecule has 0 aromatic rings. The molecule has 0 amide bonds. The molecule has 0 aliphatic carbocycles. The van der Waals surface area contributed by atoms with Crippen LogP contribution in [0.3, 0.4) is 0 Å². The second-order valence-corrected chi connectivity index (χ2v) is 6.32. The number of hydrogen-bond donors (Lipinski definition) is 0. The Morgan fingerprint density at radius 2 is 1.86 bits per heavy atom. The van der Waals surface area contributed by atoms with Gasteiger partial charge in [0.05, 0.1) is 6.42 Å². The van der Waals surface area contributed by atoms with E-state index < -0.39 is 6.10 Å². The standard InChI is InChI=1S/C18H32O4/c1-3-4-5-6-7-8-11-17(16(20)14-15(2)19)22-18-12-9-10-13-21-18/h17-18H,3-14H2,1-2H3. The lowest BCUT2D eigenvalue weighted by molar-refractivity contribution is -0.192. The largest absolute Gasteiger partial charge is 0.353 e. The lowest BCUT2D eigenvalue weighted by atomic mass is 10.0. The van der Waals surface area contributed by atoms with Gasteiger partial charge in [-0.1, -0.05) is 45.4 Å². The molecule has 0 bridgehead atoms. The van der Waals surface area contributed by atoms with Gasteiger partial charge in [0, 0.05) is 6.61 Å². The SMILES string of the molecule is CCCCCCCCC(OC1CCCCO1)C(=O)CC(C)=O. The molecule has 0 radical (unpaired) electrons. The molecule has 1 aliphatic heterocycles. The molecule has 4 heteroatoms. The van der Waals surface area contributed by atoms with Crippen molar-refractivity contribution in [3.63, 3.8) is 0 Å². The van der Waals surface area contributed by atoms with Crippen molar-refractivity contribution in [1.82, 2.24) is 0 Å². The third-order valence-corrected chi connectivity index (χ3v) is 4.06. The normalized spacial score (nSPS) is 19.8. The first-order valence-electron chi connectivity index (χ1n) is 8.92. The lowest BCUT2D eigenvalue weighted by Gasteiger charge is -2.27. The van der Waals surface area contributed by atoms with Crippen molar-refractivity contribution in [2.24, 2.45) is 0 Å². The molecule has 2 unspecified atom stereocenters. The zero-order chi connectivity index (χ0) is 16.2. The molecule has 4 nitrogen and oxygen atoms in total. The van der Waals surface area contributed by atoms with Crippen molar-refractivity contribution in [1.29, 1.82) is 0 Å². The topological polar surface area (TPSA) is 52.6 Å². The predicted octanol–water partition coefficient (Wildman–Crippen LogP) is 4.20. The molecule has 0 N–H and O–H groups in total. The average Bonchev–Trinajstić information content (AvgIpc) is 2.50. The van der Waals surface area contributed by atoms with Crippen LogP contribution in [0.15, 0.2) is 0 Å². The fourth-order valence-corrected chi connectivity index (χ4v) is 2.78. The Morgan fingerprint density at radius 3 is 2.50 bits per heavy atom. The van der Waals surface area contributed by atoms with Crippen molar-refractivity contribution in [2.75, 3.05) is 6.61 Å². The van der Waals surface area contributed by atoms with E-state index in [-0.39, 0.29) is 24.3 Å². The van der Waals surface area contributed by atoms with Crippen LogP contribution in [0.4, 0.5) is 0 Å². The summed E-state index contributed by atoms with van der Waals surface area (Å²) in [5.74, 6) is -0.179. The molecule has 128 valence electrons. The maximum Gasteiger partial charge on any atom is 0.168 e. The third kappa shape index (κ3) is 8.64. The van der Waals surface area contributed by atoms with Crippen molar-refractivity contribution in [3.05, 3.63) is 0 Å². The van der Waals surface area contributed by atoms with Gasteiger partial charge in [0.1, 0.15) is 11.9 Å². The summed E-state index contributed by atoms with van der Waals surface area (Å²) in [6.45, 7) is 4.36. The summed E-state index contributed by atoms with van der Waals surface area (Å²) in [7, 11) is 0. The minimum absolute atomic E-state index is 0.0206. The van der Waals surface area contributed by atoms with E-state index in [0.717, 1.165) is 32.1 Å². The summed E-state index contributed by atoms with van der Waals surface area (Å²) in [4.78, 5) is 23.4. The van der Waals surface area contributed by atoms with Gasteiger partial charge in [0.2, 0.25) is 0 Å². The summed E-state index contributed by atoms with van der Waals surface area (Å²) in [6.07, 6.45) is 10.0. The maximum absolute atomic E-state index is 12.2. The van der Waals surface area contributed by atoms with Gasteiger partial charge in [-0.05, 0) is 32.6 Å². The monoisotopic (exact) mass is 312 g/mol. The van der Waals surface area contributed by atoms with E-state index in [0.29, 0.717) is 13.0 Å². The third-order valence-electron chi connectivity index (χ3n) is 4.06. The Balaban J connectivity index is 2.36. The molecule has 1 heterocycles. The van der Waals surface area contributed by atoms with E-state index in [1.165, 1.54) is 32.6 Å². The van der Waals surface area contributed by atoms with Crippen molar-refractivity contribution < 1.29 is 19.1 Å². The first kappa shape index (κ1) is 19.3. The number of ketones is 2. The van der Waals surface area contributed by atoms with E-state index in [9.17, 15) is 9.59 Å². The summed E-state index contributed by atoms with van der Waals surface area (Å²) in [5.41, 5.74) is 0. The van der Waals surface area contributed by atoms with E-state index in [1.807, 2.05) is 0 Å². The average molecular weight is 312 g/mol. The second-order valence-electron chi connectivity index (χ2n) is 6.32. The number of rotatable bonds is 12. The van der Waals surface area contributed by atoms with Crippen LogP contribution in [0.25, 0.3) is 0 Å². The Kier molecular flexibility index (Phi) is 10.3. The fraction of sp³-hybridized carbons (Fsp3) is 0.889. The predicted molar refractivity (Wildman–Crippen MR) is 86.8 cm³/mol. The minimum Gasteiger partial charge on any atom is -0.353 e. The molecular formula is C18H32O4. The quantitative estimate of drug-likeness (QED) is 0.400. The molecule has 0 spiro atoms. The van der Waals surface area contributed by atoms with Gasteiger partial charge in [0.25, 0.3) is 0 Å². The molecule has 1 aliphatic rings. The van der Waals surface area contributed by atoms with Crippen LogP contribution >= 0.6 is 0 Å². The smallest absolute Gasteiger partial charge is 0.168 e. The Hall–Kier alpha value is -0.740. The van der Waals surface area contributed by atoms with E-state index in [4.69, 9.17) is 9.47 Å². The highest BCUT2D eigenvalue weighted by Crippen LogP contribution is 2.19. The Morgan fingerprint density at radius 1 is 1.14 bits per heavy atom. The molecule has 0 saturated carbocycles. The molecule has 0 aromatic carbocycles. The summed E-state index contributed by atoms with van der Waals surface area (Å²) in [5, 5.41) is 0. The zero-order valence-corrected chi connectivity index (χ0v) is 14.3. The van der Waals surface area contributed by atoms with Gasteiger partial charge in [0.15, 0.2) is 12.1 Å². The fourth-order valence-electron chi connectivity index (χ4n) is 2.78. The highest BCUT2D eigenvalue weighted by Gasteiger charge is 2.25. The molecular weight excluding hydrogens is 280 g/mol. The van der Waals surface area contributed by atoms with Crippen LogP contribution < -0.4 is 0 Å². The van der Waals surface area contributed by atoms with Crippen LogP contribution in [-0.2, 0) is 19.1 Å². The summed E-state index contributed by atoms with van der Waals surface area (Å²) < 4.78 is 11.4. The van der Waals surface area contributed by atoms with Crippen LogP contribution in [0.1, 0.15) is 84.5 Å². The van der Waals surface area contributed by atoms with Crippen LogP contribution in [0.2, 0.25) is 0 Å². The van der Waals surface area contributed by atoms with Crippen molar-refractivity contribution in [2.45, 2.75) is 96.9 Å². The summed E-state index contributed by atoms with van der Waals surface area (Å²) in [6, 6.07) is 0. The van der Waals surface area contributed by atoms with Crippen molar-refractivity contribution >= 4 is 11.6 Å². The Bertz CT molecular complexity index is 321. The molecule has 2 atom stereocenters. The van der Waals surface area contributed by atoms with E-state index >= 15 is 0 Å².